The Morgan fingerprint density at radius 2 is 1.67 bits per heavy atom. The molecule has 2 aromatic carbocycles. The second-order valence-electron chi connectivity index (χ2n) is 7.88. The average Bonchev–Trinajstić information content (AvgIpc) is 2.82. The van der Waals surface area contributed by atoms with Gasteiger partial charge in [-0.3, -0.25) is 19.8 Å². The van der Waals surface area contributed by atoms with E-state index < -0.39 is 5.92 Å². The molecule has 2 aromatic rings. The summed E-state index contributed by atoms with van der Waals surface area (Å²) in [7, 11) is 0. The number of nitrogens with zero attached hydrogens (tertiary/aromatic N) is 1. The van der Waals surface area contributed by atoms with Crippen molar-refractivity contribution in [3.63, 3.8) is 0 Å². The van der Waals surface area contributed by atoms with Gasteiger partial charge in [-0.2, -0.15) is 0 Å². The number of fused-ring (bicyclic) bond motifs is 1. The molecule has 9 nitrogen and oxygen atoms in total. The summed E-state index contributed by atoms with van der Waals surface area (Å²) >= 11 is 0. The lowest BCUT2D eigenvalue weighted by atomic mass is 9.80. The fourth-order valence-corrected chi connectivity index (χ4v) is 3.98. The smallest absolute Gasteiger partial charge is 0.319 e. The lowest BCUT2D eigenvalue weighted by Crippen LogP contribution is -2.59. The van der Waals surface area contributed by atoms with Gasteiger partial charge in [0.25, 0.3) is 5.91 Å². The molecule has 1 fully saturated rings. The number of carbonyl (C=O) groups excluding carboxylic acids is 4. The van der Waals surface area contributed by atoms with E-state index in [4.69, 9.17) is 0 Å². The van der Waals surface area contributed by atoms with Gasteiger partial charge in [0, 0.05) is 23.5 Å². The Bertz CT molecular complexity index is 1130. The van der Waals surface area contributed by atoms with Crippen molar-refractivity contribution < 1.29 is 19.2 Å². The number of hydrogen-bond acceptors (Lipinski definition) is 4. The molecule has 170 valence electrons. The summed E-state index contributed by atoms with van der Waals surface area (Å²) in [6.07, 6.45) is 4.92. The van der Waals surface area contributed by atoms with Gasteiger partial charge < -0.3 is 16.0 Å². The summed E-state index contributed by atoms with van der Waals surface area (Å²) < 4.78 is 0. The first-order valence-corrected chi connectivity index (χ1v) is 10.8. The minimum absolute atomic E-state index is 0.189. The standard InChI is InChI=1S/C24H25N5O4/c1-2-25-24(33)27-17-9-6-8-16(14-17)26-21(30)15-7-5-10-18(13-15)29-23(32)20-12-4-3-11-19(20)22(31)28-29/h3-10,13-14,19-20H,2,11-12H2,1H3,(H,26,30)(H,28,31)(H2,25,27,33). The predicted molar refractivity (Wildman–Crippen MR) is 125 cm³/mol. The van der Waals surface area contributed by atoms with Crippen LogP contribution in [0.1, 0.15) is 30.1 Å². The predicted octanol–water partition coefficient (Wildman–Crippen LogP) is 3.04. The van der Waals surface area contributed by atoms with E-state index in [1.165, 1.54) is 5.01 Å². The second kappa shape index (κ2) is 9.56. The monoisotopic (exact) mass is 447 g/mol. The van der Waals surface area contributed by atoms with Crippen LogP contribution in [0, 0.1) is 11.8 Å². The highest BCUT2D eigenvalue weighted by Crippen LogP contribution is 2.32. The van der Waals surface area contributed by atoms with Crippen molar-refractivity contribution in [1.29, 1.82) is 0 Å². The highest BCUT2D eigenvalue weighted by Gasteiger charge is 2.42. The summed E-state index contributed by atoms with van der Waals surface area (Å²) in [6, 6.07) is 12.9. The molecule has 0 saturated carbocycles. The van der Waals surface area contributed by atoms with Crippen LogP contribution in [0.2, 0.25) is 0 Å². The molecular formula is C24H25N5O4. The number of hydrogen-bond donors (Lipinski definition) is 4. The van der Waals surface area contributed by atoms with Gasteiger partial charge in [-0.15, -0.1) is 0 Å². The summed E-state index contributed by atoms with van der Waals surface area (Å²) in [5.41, 5.74) is 4.44. The highest BCUT2D eigenvalue weighted by atomic mass is 16.2. The molecule has 0 spiro atoms. The van der Waals surface area contributed by atoms with Crippen molar-refractivity contribution in [2.45, 2.75) is 19.8 Å². The van der Waals surface area contributed by atoms with Crippen LogP contribution in [-0.4, -0.2) is 30.3 Å². The van der Waals surface area contributed by atoms with Crippen LogP contribution in [-0.2, 0) is 9.59 Å². The number of amides is 5. The fourth-order valence-electron chi connectivity index (χ4n) is 3.98. The molecule has 5 amide bonds. The number of benzene rings is 2. The van der Waals surface area contributed by atoms with Gasteiger partial charge in [0.2, 0.25) is 11.8 Å². The van der Waals surface area contributed by atoms with Crippen molar-refractivity contribution in [3.05, 3.63) is 66.2 Å². The summed E-state index contributed by atoms with van der Waals surface area (Å²) in [4.78, 5) is 50.1. The average molecular weight is 447 g/mol. The minimum atomic E-state index is -0.401. The van der Waals surface area contributed by atoms with Gasteiger partial charge in [-0.25, -0.2) is 9.80 Å². The van der Waals surface area contributed by atoms with Crippen LogP contribution in [0.25, 0.3) is 0 Å². The van der Waals surface area contributed by atoms with E-state index in [2.05, 4.69) is 21.4 Å². The number of nitrogens with one attached hydrogen (secondary N) is 4. The number of carbonyl (C=O) groups is 4. The maximum Gasteiger partial charge on any atom is 0.319 e. The summed E-state index contributed by atoms with van der Waals surface area (Å²) in [5.74, 6) is -1.53. The van der Waals surface area contributed by atoms with Crippen LogP contribution in [0.4, 0.5) is 21.9 Å². The minimum Gasteiger partial charge on any atom is -0.338 e. The van der Waals surface area contributed by atoms with E-state index in [0.29, 0.717) is 42.0 Å². The number of anilines is 3. The molecule has 1 heterocycles. The Kier molecular flexibility index (Phi) is 6.39. The van der Waals surface area contributed by atoms with E-state index >= 15 is 0 Å². The van der Waals surface area contributed by atoms with Gasteiger partial charge in [-0.05, 0) is 56.2 Å². The SMILES string of the molecule is CCNC(=O)Nc1cccc(NC(=O)c2cccc(N3NC(=O)C4CC=CCC4C3=O)c2)c1. The Morgan fingerprint density at radius 1 is 0.970 bits per heavy atom. The van der Waals surface area contributed by atoms with Crippen LogP contribution >= 0.6 is 0 Å². The normalized spacial score (nSPS) is 19.4. The van der Waals surface area contributed by atoms with E-state index in [9.17, 15) is 19.2 Å². The Balaban J connectivity index is 1.48. The van der Waals surface area contributed by atoms with Crippen molar-refractivity contribution in [3.8, 4) is 0 Å². The van der Waals surface area contributed by atoms with Gasteiger partial charge in [-0.1, -0.05) is 24.3 Å². The van der Waals surface area contributed by atoms with Gasteiger partial charge in [0.15, 0.2) is 0 Å². The number of rotatable bonds is 5. The van der Waals surface area contributed by atoms with Gasteiger partial charge in [0.1, 0.15) is 0 Å². The van der Waals surface area contributed by atoms with E-state index in [-0.39, 0.29) is 29.7 Å². The van der Waals surface area contributed by atoms with E-state index in [1.807, 2.05) is 19.1 Å². The third kappa shape index (κ3) is 4.87. The lowest BCUT2D eigenvalue weighted by molar-refractivity contribution is -0.139. The Labute approximate surface area is 191 Å². The zero-order valence-electron chi connectivity index (χ0n) is 18.1. The van der Waals surface area contributed by atoms with Crippen LogP contribution < -0.4 is 26.4 Å². The maximum atomic E-state index is 13.0. The number of urea groups is 1. The summed E-state index contributed by atoms with van der Waals surface area (Å²) in [6.45, 7) is 2.31. The van der Waals surface area contributed by atoms with E-state index in [1.54, 1.807) is 48.5 Å². The zero-order valence-corrected chi connectivity index (χ0v) is 18.1. The summed E-state index contributed by atoms with van der Waals surface area (Å²) in [5, 5.41) is 9.35. The molecule has 2 aliphatic rings. The molecule has 9 heteroatoms. The maximum absolute atomic E-state index is 13.0. The molecule has 4 N–H and O–H groups in total. The quantitative estimate of drug-likeness (QED) is 0.527. The first kappa shape index (κ1) is 22.1. The number of hydrazine groups is 1. The fraction of sp³-hybridized carbons (Fsp3) is 0.250. The molecule has 4 rings (SSSR count). The molecular weight excluding hydrogens is 422 g/mol. The topological polar surface area (TPSA) is 120 Å². The van der Waals surface area contributed by atoms with Gasteiger partial charge >= 0.3 is 6.03 Å². The Hall–Kier alpha value is -4.14. The molecule has 0 bridgehead atoms. The van der Waals surface area contributed by atoms with Crippen LogP contribution in [0.15, 0.2) is 60.7 Å². The molecule has 1 saturated heterocycles. The lowest BCUT2D eigenvalue weighted by Gasteiger charge is -2.38. The van der Waals surface area contributed by atoms with Crippen LogP contribution in [0.5, 0.6) is 0 Å². The molecule has 0 radical (unpaired) electrons. The third-order valence-corrected chi connectivity index (χ3v) is 5.61. The van der Waals surface area contributed by atoms with Crippen LogP contribution in [0.3, 0.4) is 0 Å². The second-order valence-corrected chi connectivity index (χ2v) is 7.88. The van der Waals surface area contributed by atoms with Crippen molar-refractivity contribution in [1.82, 2.24) is 10.7 Å². The Morgan fingerprint density at radius 3 is 2.42 bits per heavy atom. The van der Waals surface area contributed by atoms with Crippen molar-refractivity contribution in [2.75, 3.05) is 22.2 Å². The van der Waals surface area contributed by atoms with Crippen molar-refractivity contribution >= 4 is 40.8 Å². The van der Waals surface area contributed by atoms with Gasteiger partial charge in [0.05, 0.1) is 17.5 Å². The highest BCUT2D eigenvalue weighted by molar-refractivity contribution is 6.07. The molecule has 1 aliphatic carbocycles. The van der Waals surface area contributed by atoms with Crippen molar-refractivity contribution in [2.24, 2.45) is 11.8 Å². The third-order valence-electron chi connectivity index (χ3n) is 5.61. The molecule has 2 atom stereocenters. The zero-order chi connectivity index (χ0) is 23.4. The largest absolute Gasteiger partial charge is 0.338 e. The molecule has 2 unspecified atom stereocenters. The molecule has 1 aliphatic heterocycles. The van der Waals surface area contributed by atoms with E-state index in [0.717, 1.165) is 0 Å². The number of allylic oxidation sites excluding steroid dienone is 2. The molecule has 33 heavy (non-hydrogen) atoms. The first-order chi connectivity index (χ1) is 16.0. The molecule has 0 aromatic heterocycles. The first-order valence-electron chi connectivity index (χ1n) is 10.8.